The molecule has 0 aromatic rings. The molecule has 1 atom stereocenters. The standard InChI is InChI=1S/C11H20N2O/c1-4-5-6-7-11(14)13(3)9-10(2)8-12/h10H,4-7,9H2,1-3H3. The van der Waals surface area contributed by atoms with Gasteiger partial charge in [0.05, 0.1) is 12.0 Å². The third-order valence-corrected chi connectivity index (χ3v) is 2.19. The van der Waals surface area contributed by atoms with E-state index in [1.54, 1.807) is 11.9 Å². The molecule has 0 bridgehead atoms. The van der Waals surface area contributed by atoms with E-state index in [0.717, 1.165) is 19.3 Å². The molecule has 0 heterocycles. The van der Waals surface area contributed by atoms with Crippen LogP contribution in [0.5, 0.6) is 0 Å². The van der Waals surface area contributed by atoms with Crippen molar-refractivity contribution in [1.82, 2.24) is 4.90 Å². The van der Waals surface area contributed by atoms with Crippen molar-refractivity contribution in [1.29, 1.82) is 5.26 Å². The van der Waals surface area contributed by atoms with Crippen molar-refractivity contribution in [2.75, 3.05) is 13.6 Å². The second-order valence-electron chi connectivity index (χ2n) is 3.76. The molecule has 0 aliphatic heterocycles. The highest BCUT2D eigenvalue weighted by atomic mass is 16.2. The van der Waals surface area contributed by atoms with E-state index in [2.05, 4.69) is 13.0 Å². The number of hydrogen-bond acceptors (Lipinski definition) is 2. The Labute approximate surface area is 86.7 Å². The van der Waals surface area contributed by atoms with Crippen LogP contribution in [0, 0.1) is 17.2 Å². The molecule has 0 fully saturated rings. The second kappa shape index (κ2) is 7.37. The Hall–Kier alpha value is -1.04. The fourth-order valence-corrected chi connectivity index (χ4v) is 1.27. The zero-order chi connectivity index (χ0) is 11.0. The first-order valence-electron chi connectivity index (χ1n) is 5.25. The van der Waals surface area contributed by atoms with Crippen molar-refractivity contribution in [2.45, 2.75) is 39.5 Å². The van der Waals surface area contributed by atoms with Crippen LogP contribution in [0.1, 0.15) is 39.5 Å². The number of carbonyl (C=O) groups excluding carboxylic acids is 1. The van der Waals surface area contributed by atoms with Gasteiger partial charge in [-0.05, 0) is 13.3 Å². The minimum absolute atomic E-state index is 0.0740. The number of rotatable bonds is 6. The summed E-state index contributed by atoms with van der Waals surface area (Å²) < 4.78 is 0. The lowest BCUT2D eigenvalue weighted by molar-refractivity contribution is -0.130. The van der Waals surface area contributed by atoms with Crippen LogP contribution in [-0.4, -0.2) is 24.4 Å². The Balaban J connectivity index is 3.71. The second-order valence-corrected chi connectivity index (χ2v) is 3.76. The molecular weight excluding hydrogens is 176 g/mol. The lowest BCUT2D eigenvalue weighted by Gasteiger charge is -2.17. The first-order valence-corrected chi connectivity index (χ1v) is 5.25. The van der Waals surface area contributed by atoms with E-state index in [0.29, 0.717) is 13.0 Å². The minimum Gasteiger partial charge on any atom is -0.344 e. The number of hydrogen-bond donors (Lipinski definition) is 0. The Morgan fingerprint density at radius 1 is 1.50 bits per heavy atom. The predicted molar refractivity (Wildman–Crippen MR) is 56.6 cm³/mol. The summed E-state index contributed by atoms with van der Waals surface area (Å²) in [6.07, 6.45) is 3.81. The predicted octanol–water partition coefficient (Wildman–Crippen LogP) is 2.18. The van der Waals surface area contributed by atoms with Crippen molar-refractivity contribution in [3.05, 3.63) is 0 Å². The molecule has 14 heavy (non-hydrogen) atoms. The fraction of sp³-hybridized carbons (Fsp3) is 0.818. The Morgan fingerprint density at radius 2 is 2.14 bits per heavy atom. The average molecular weight is 196 g/mol. The fourth-order valence-electron chi connectivity index (χ4n) is 1.27. The monoisotopic (exact) mass is 196 g/mol. The van der Waals surface area contributed by atoms with Gasteiger partial charge in [-0.2, -0.15) is 5.26 Å². The van der Waals surface area contributed by atoms with Crippen LogP contribution >= 0.6 is 0 Å². The first-order chi connectivity index (χ1) is 6.61. The van der Waals surface area contributed by atoms with Gasteiger partial charge >= 0.3 is 0 Å². The van der Waals surface area contributed by atoms with Crippen molar-refractivity contribution in [2.24, 2.45) is 5.92 Å². The van der Waals surface area contributed by atoms with E-state index in [1.165, 1.54) is 0 Å². The summed E-state index contributed by atoms with van der Waals surface area (Å²) in [7, 11) is 1.77. The van der Waals surface area contributed by atoms with E-state index in [9.17, 15) is 4.79 Å². The average Bonchev–Trinajstić information content (AvgIpc) is 2.17. The molecule has 0 aromatic carbocycles. The molecule has 0 saturated carbocycles. The molecule has 1 amide bonds. The maximum Gasteiger partial charge on any atom is 0.222 e. The topological polar surface area (TPSA) is 44.1 Å². The zero-order valence-corrected chi connectivity index (χ0v) is 9.42. The molecule has 0 aliphatic carbocycles. The molecule has 1 unspecified atom stereocenters. The van der Waals surface area contributed by atoms with Crippen molar-refractivity contribution >= 4 is 5.91 Å². The van der Waals surface area contributed by atoms with Gasteiger partial charge in [0.25, 0.3) is 0 Å². The molecule has 0 aromatic heterocycles. The largest absolute Gasteiger partial charge is 0.344 e. The molecular formula is C11H20N2O. The van der Waals surface area contributed by atoms with Gasteiger partial charge in [-0.1, -0.05) is 19.8 Å². The van der Waals surface area contributed by atoms with Crippen molar-refractivity contribution < 1.29 is 4.79 Å². The van der Waals surface area contributed by atoms with Gasteiger partial charge in [0.15, 0.2) is 0 Å². The number of unbranched alkanes of at least 4 members (excludes halogenated alkanes) is 2. The third-order valence-electron chi connectivity index (χ3n) is 2.19. The van der Waals surface area contributed by atoms with Gasteiger partial charge in [0.2, 0.25) is 5.91 Å². The third kappa shape index (κ3) is 5.58. The number of nitriles is 1. The summed E-state index contributed by atoms with van der Waals surface area (Å²) >= 11 is 0. The van der Waals surface area contributed by atoms with Crippen LogP contribution in [0.4, 0.5) is 0 Å². The van der Waals surface area contributed by atoms with Crippen LogP contribution < -0.4 is 0 Å². The highest BCUT2D eigenvalue weighted by Gasteiger charge is 2.10. The highest BCUT2D eigenvalue weighted by Crippen LogP contribution is 2.03. The maximum atomic E-state index is 11.5. The molecule has 0 rings (SSSR count). The Morgan fingerprint density at radius 3 is 2.64 bits per heavy atom. The van der Waals surface area contributed by atoms with Gasteiger partial charge in [-0.25, -0.2) is 0 Å². The van der Waals surface area contributed by atoms with E-state index >= 15 is 0 Å². The molecule has 0 saturated heterocycles. The van der Waals surface area contributed by atoms with Gasteiger partial charge in [-0.15, -0.1) is 0 Å². The van der Waals surface area contributed by atoms with Crippen LogP contribution in [0.3, 0.4) is 0 Å². The Bertz CT molecular complexity index is 208. The van der Waals surface area contributed by atoms with E-state index in [1.807, 2.05) is 6.92 Å². The normalized spacial score (nSPS) is 11.9. The Kier molecular flexibility index (Phi) is 6.82. The van der Waals surface area contributed by atoms with Crippen molar-refractivity contribution in [3.8, 4) is 6.07 Å². The number of nitrogens with zero attached hydrogens (tertiary/aromatic N) is 2. The van der Waals surface area contributed by atoms with Gasteiger partial charge in [-0.3, -0.25) is 4.79 Å². The van der Waals surface area contributed by atoms with Gasteiger partial charge in [0, 0.05) is 20.0 Å². The minimum atomic E-state index is -0.0740. The van der Waals surface area contributed by atoms with Crippen molar-refractivity contribution in [3.63, 3.8) is 0 Å². The van der Waals surface area contributed by atoms with Crippen LogP contribution in [0.25, 0.3) is 0 Å². The molecule has 0 aliphatic rings. The molecule has 0 spiro atoms. The summed E-state index contributed by atoms with van der Waals surface area (Å²) in [6, 6.07) is 2.12. The summed E-state index contributed by atoms with van der Waals surface area (Å²) in [5, 5.41) is 8.59. The summed E-state index contributed by atoms with van der Waals surface area (Å²) in [5.74, 6) is 0.0793. The number of carbonyl (C=O) groups is 1. The first kappa shape index (κ1) is 13.0. The lowest BCUT2D eigenvalue weighted by Crippen LogP contribution is -2.30. The molecule has 0 radical (unpaired) electrons. The molecule has 0 N–H and O–H groups in total. The summed E-state index contributed by atoms with van der Waals surface area (Å²) in [6.45, 7) is 4.49. The number of amides is 1. The molecule has 3 nitrogen and oxygen atoms in total. The van der Waals surface area contributed by atoms with Crippen LogP contribution in [-0.2, 0) is 4.79 Å². The SMILES string of the molecule is CCCCCC(=O)N(C)CC(C)C#N. The van der Waals surface area contributed by atoms with Crippen LogP contribution in [0.15, 0.2) is 0 Å². The molecule has 3 heteroatoms. The lowest BCUT2D eigenvalue weighted by atomic mass is 10.1. The quantitative estimate of drug-likeness (QED) is 0.611. The zero-order valence-electron chi connectivity index (χ0n) is 9.42. The molecule has 80 valence electrons. The highest BCUT2D eigenvalue weighted by molar-refractivity contribution is 5.75. The van der Waals surface area contributed by atoms with Gasteiger partial charge < -0.3 is 4.90 Å². The smallest absolute Gasteiger partial charge is 0.222 e. The summed E-state index contributed by atoms with van der Waals surface area (Å²) in [5.41, 5.74) is 0. The maximum absolute atomic E-state index is 11.5. The van der Waals surface area contributed by atoms with E-state index < -0.39 is 0 Å². The summed E-state index contributed by atoms with van der Waals surface area (Å²) in [4.78, 5) is 13.1. The van der Waals surface area contributed by atoms with E-state index in [4.69, 9.17) is 5.26 Å². The van der Waals surface area contributed by atoms with E-state index in [-0.39, 0.29) is 11.8 Å². The van der Waals surface area contributed by atoms with Gasteiger partial charge in [0.1, 0.15) is 0 Å². The van der Waals surface area contributed by atoms with Crippen LogP contribution in [0.2, 0.25) is 0 Å².